The third kappa shape index (κ3) is 4.05. The van der Waals surface area contributed by atoms with E-state index in [-0.39, 0.29) is 10.6 Å². The van der Waals surface area contributed by atoms with E-state index in [2.05, 4.69) is 4.72 Å². The van der Waals surface area contributed by atoms with E-state index in [9.17, 15) is 18.5 Å². The zero-order valence-corrected chi connectivity index (χ0v) is 13.4. The minimum absolute atomic E-state index is 0.146. The van der Waals surface area contributed by atoms with E-state index in [0.717, 1.165) is 11.6 Å². The standard InChI is InChI=1S/C15H16N2O5S/c1-11(12-6-8-14(22-2)9-7-12)16-23(20,21)15-5-3-4-13(10-15)17(18)19/h3-11,16H,1-2H3/t11-/m0/s1. The molecule has 1 atom stereocenters. The van der Waals surface area contributed by atoms with E-state index in [1.54, 1.807) is 38.3 Å². The summed E-state index contributed by atoms with van der Waals surface area (Å²) in [7, 11) is -2.32. The summed E-state index contributed by atoms with van der Waals surface area (Å²) in [5, 5.41) is 10.8. The van der Waals surface area contributed by atoms with Gasteiger partial charge in [0.25, 0.3) is 5.69 Å². The van der Waals surface area contributed by atoms with Crippen LogP contribution < -0.4 is 9.46 Å². The molecule has 0 heterocycles. The van der Waals surface area contributed by atoms with E-state index in [1.807, 2.05) is 0 Å². The van der Waals surface area contributed by atoms with Crippen molar-refractivity contribution in [3.8, 4) is 5.75 Å². The van der Waals surface area contributed by atoms with Gasteiger partial charge in [-0.3, -0.25) is 10.1 Å². The van der Waals surface area contributed by atoms with Gasteiger partial charge in [0.2, 0.25) is 10.0 Å². The first-order valence-corrected chi connectivity index (χ1v) is 8.22. The van der Waals surface area contributed by atoms with E-state index in [4.69, 9.17) is 4.74 Å². The van der Waals surface area contributed by atoms with Crippen molar-refractivity contribution < 1.29 is 18.1 Å². The molecule has 0 aliphatic rings. The average molecular weight is 336 g/mol. The summed E-state index contributed by atoms with van der Waals surface area (Å²) in [5.74, 6) is 0.669. The molecule has 0 amide bonds. The maximum absolute atomic E-state index is 12.4. The first-order valence-electron chi connectivity index (χ1n) is 6.74. The average Bonchev–Trinajstić information content (AvgIpc) is 2.54. The van der Waals surface area contributed by atoms with Crippen LogP contribution in [0.15, 0.2) is 53.4 Å². The molecule has 8 heteroatoms. The van der Waals surface area contributed by atoms with Crippen LogP contribution in [0, 0.1) is 10.1 Å². The van der Waals surface area contributed by atoms with Crippen molar-refractivity contribution in [2.45, 2.75) is 17.9 Å². The molecule has 0 aromatic heterocycles. The van der Waals surface area contributed by atoms with Gasteiger partial charge in [-0.2, -0.15) is 0 Å². The van der Waals surface area contributed by atoms with Crippen LogP contribution in [0.2, 0.25) is 0 Å². The van der Waals surface area contributed by atoms with Crippen LogP contribution in [0.3, 0.4) is 0 Å². The van der Waals surface area contributed by atoms with Gasteiger partial charge < -0.3 is 4.74 Å². The van der Waals surface area contributed by atoms with Gasteiger partial charge >= 0.3 is 0 Å². The van der Waals surface area contributed by atoms with Crippen LogP contribution >= 0.6 is 0 Å². The van der Waals surface area contributed by atoms with Gasteiger partial charge in [0.1, 0.15) is 5.75 Å². The summed E-state index contributed by atoms with van der Waals surface area (Å²) in [6, 6.07) is 11.4. The zero-order chi connectivity index (χ0) is 17.0. The van der Waals surface area contributed by atoms with Crippen molar-refractivity contribution >= 4 is 15.7 Å². The van der Waals surface area contributed by atoms with E-state index in [0.29, 0.717) is 5.75 Å². The molecule has 122 valence electrons. The van der Waals surface area contributed by atoms with Gasteiger partial charge in [0, 0.05) is 18.2 Å². The molecule has 0 fully saturated rings. The van der Waals surface area contributed by atoms with Crippen LogP contribution in [0.5, 0.6) is 5.75 Å². The Morgan fingerprint density at radius 3 is 2.39 bits per heavy atom. The van der Waals surface area contributed by atoms with Crippen LogP contribution in [-0.2, 0) is 10.0 Å². The first-order chi connectivity index (χ1) is 10.8. The molecule has 0 aliphatic carbocycles. The Morgan fingerprint density at radius 2 is 1.83 bits per heavy atom. The van der Waals surface area contributed by atoms with Gasteiger partial charge in [-0.05, 0) is 30.7 Å². The van der Waals surface area contributed by atoms with Gasteiger partial charge in [0.05, 0.1) is 16.9 Å². The number of rotatable bonds is 6. The summed E-state index contributed by atoms with van der Waals surface area (Å²) in [5.41, 5.74) is 0.477. The van der Waals surface area contributed by atoms with Crippen molar-refractivity contribution in [2.75, 3.05) is 7.11 Å². The number of ether oxygens (including phenoxy) is 1. The molecule has 0 unspecified atom stereocenters. The monoisotopic (exact) mass is 336 g/mol. The molecule has 0 radical (unpaired) electrons. The highest BCUT2D eigenvalue weighted by atomic mass is 32.2. The normalized spacial score (nSPS) is 12.6. The van der Waals surface area contributed by atoms with Crippen molar-refractivity contribution in [3.63, 3.8) is 0 Å². The molecule has 7 nitrogen and oxygen atoms in total. The minimum atomic E-state index is -3.87. The predicted octanol–water partition coefficient (Wildman–Crippen LogP) is 2.64. The minimum Gasteiger partial charge on any atom is -0.497 e. The second kappa shape index (κ2) is 6.76. The zero-order valence-electron chi connectivity index (χ0n) is 12.6. The molecule has 0 aliphatic heterocycles. The van der Waals surface area contributed by atoms with E-state index in [1.165, 1.54) is 18.2 Å². The largest absolute Gasteiger partial charge is 0.497 e. The molecule has 2 rings (SSSR count). The highest BCUT2D eigenvalue weighted by molar-refractivity contribution is 7.89. The number of nitrogens with one attached hydrogen (secondary N) is 1. The lowest BCUT2D eigenvalue weighted by Gasteiger charge is -2.15. The molecule has 0 saturated heterocycles. The SMILES string of the molecule is COc1ccc([C@H](C)NS(=O)(=O)c2cccc([N+](=O)[O-])c2)cc1. The fourth-order valence-electron chi connectivity index (χ4n) is 2.03. The van der Waals surface area contributed by atoms with Gasteiger partial charge in [-0.25, -0.2) is 13.1 Å². The highest BCUT2D eigenvalue weighted by Crippen LogP contribution is 2.21. The van der Waals surface area contributed by atoms with Gasteiger partial charge in [0.15, 0.2) is 0 Å². The summed E-state index contributed by atoms with van der Waals surface area (Å²) >= 11 is 0. The number of hydrogen-bond acceptors (Lipinski definition) is 5. The Kier molecular flexibility index (Phi) is 4.97. The maximum Gasteiger partial charge on any atom is 0.270 e. The van der Waals surface area contributed by atoms with Crippen LogP contribution in [0.4, 0.5) is 5.69 Å². The highest BCUT2D eigenvalue weighted by Gasteiger charge is 2.20. The van der Waals surface area contributed by atoms with Gasteiger partial charge in [-0.1, -0.05) is 18.2 Å². The summed E-state index contributed by atoms with van der Waals surface area (Å²) < 4.78 is 32.3. The van der Waals surface area contributed by atoms with Crippen molar-refractivity contribution in [1.29, 1.82) is 0 Å². The first kappa shape index (κ1) is 16.9. The summed E-state index contributed by atoms with van der Waals surface area (Å²) in [6.45, 7) is 1.69. The lowest BCUT2D eigenvalue weighted by molar-refractivity contribution is -0.385. The molecule has 2 aromatic carbocycles. The second-order valence-corrected chi connectivity index (χ2v) is 6.58. The number of methoxy groups -OCH3 is 1. The van der Waals surface area contributed by atoms with Crippen LogP contribution in [-0.4, -0.2) is 20.5 Å². The van der Waals surface area contributed by atoms with Crippen molar-refractivity contribution in [1.82, 2.24) is 4.72 Å². The number of sulfonamides is 1. The fourth-order valence-corrected chi connectivity index (χ4v) is 3.30. The lowest BCUT2D eigenvalue weighted by atomic mass is 10.1. The molecular weight excluding hydrogens is 320 g/mol. The molecule has 23 heavy (non-hydrogen) atoms. The Morgan fingerprint density at radius 1 is 1.17 bits per heavy atom. The Bertz CT molecular complexity index is 803. The topological polar surface area (TPSA) is 98.5 Å². The Balaban J connectivity index is 2.22. The second-order valence-electron chi connectivity index (χ2n) is 4.87. The molecule has 2 aromatic rings. The van der Waals surface area contributed by atoms with Crippen molar-refractivity contribution in [3.05, 3.63) is 64.2 Å². The third-order valence-electron chi connectivity index (χ3n) is 3.29. The maximum atomic E-state index is 12.4. The lowest BCUT2D eigenvalue weighted by Crippen LogP contribution is -2.26. The van der Waals surface area contributed by atoms with Crippen LogP contribution in [0.25, 0.3) is 0 Å². The molecular formula is C15H16N2O5S. The molecule has 1 N–H and O–H groups in total. The number of nitrogens with zero attached hydrogens (tertiary/aromatic N) is 1. The smallest absolute Gasteiger partial charge is 0.270 e. The van der Waals surface area contributed by atoms with E-state index < -0.39 is 21.0 Å². The number of hydrogen-bond donors (Lipinski definition) is 1. The summed E-state index contributed by atoms with van der Waals surface area (Å²) in [6.07, 6.45) is 0. The fraction of sp³-hybridized carbons (Fsp3) is 0.200. The van der Waals surface area contributed by atoms with Crippen LogP contribution in [0.1, 0.15) is 18.5 Å². The van der Waals surface area contributed by atoms with Crippen molar-refractivity contribution in [2.24, 2.45) is 0 Å². The van der Waals surface area contributed by atoms with E-state index >= 15 is 0 Å². The predicted molar refractivity (Wildman–Crippen MR) is 84.8 cm³/mol. The quantitative estimate of drug-likeness (QED) is 0.646. The third-order valence-corrected chi connectivity index (χ3v) is 4.82. The molecule has 0 spiro atoms. The summed E-state index contributed by atoms with van der Waals surface area (Å²) in [4.78, 5) is 9.98. The number of non-ortho nitro benzene ring substituents is 1. The Hall–Kier alpha value is -2.45. The van der Waals surface area contributed by atoms with Gasteiger partial charge in [-0.15, -0.1) is 0 Å². The molecule has 0 bridgehead atoms. The number of benzene rings is 2. The number of nitro groups is 1. The molecule has 0 saturated carbocycles. The number of nitro benzene ring substituents is 1. The Labute approximate surface area is 134 Å².